The minimum Gasteiger partial charge on any atom is -0.372 e. The fraction of sp³-hybridized carbons (Fsp3) is 0.200. The van der Waals surface area contributed by atoms with Crippen LogP contribution in [0, 0.1) is 0 Å². The number of hydrogen-bond acceptors (Lipinski definition) is 3. The van der Waals surface area contributed by atoms with Crippen LogP contribution in [0.15, 0.2) is 58.7 Å². The standard InChI is InChI=1S/C20H20BrN3OS/c1-3-23(4-2)16-9-5-14(6-10-16)13-18-19(25)24(20(26)22-18)17-11-7-15(21)8-12-17/h5-13H,3-4H2,1-2H3,(H,22,26)/b18-13+. The molecule has 1 fully saturated rings. The highest BCUT2D eigenvalue weighted by atomic mass is 79.9. The second kappa shape index (κ2) is 8.01. The van der Waals surface area contributed by atoms with Gasteiger partial charge in [0.05, 0.1) is 5.69 Å². The van der Waals surface area contributed by atoms with E-state index in [4.69, 9.17) is 12.2 Å². The summed E-state index contributed by atoms with van der Waals surface area (Å²) in [5, 5.41) is 3.41. The van der Waals surface area contributed by atoms with Gasteiger partial charge in [-0.3, -0.25) is 9.69 Å². The molecule has 0 unspecified atom stereocenters. The van der Waals surface area contributed by atoms with Gasteiger partial charge in [-0.15, -0.1) is 0 Å². The van der Waals surface area contributed by atoms with Crippen LogP contribution in [0.25, 0.3) is 6.08 Å². The van der Waals surface area contributed by atoms with Crippen molar-refractivity contribution in [2.45, 2.75) is 13.8 Å². The predicted octanol–water partition coefficient (Wildman–Crippen LogP) is 4.56. The second-order valence-electron chi connectivity index (χ2n) is 5.87. The maximum Gasteiger partial charge on any atom is 0.281 e. The quantitative estimate of drug-likeness (QED) is 0.558. The zero-order valence-corrected chi connectivity index (χ0v) is 17.1. The molecule has 6 heteroatoms. The summed E-state index contributed by atoms with van der Waals surface area (Å²) in [5.74, 6) is -0.148. The molecule has 1 heterocycles. The fourth-order valence-electron chi connectivity index (χ4n) is 2.90. The van der Waals surface area contributed by atoms with E-state index in [1.54, 1.807) is 0 Å². The Morgan fingerprint density at radius 3 is 2.27 bits per heavy atom. The lowest BCUT2D eigenvalue weighted by Gasteiger charge is -2.20. The summed E-state index contributed by atoms with van der Waals surface area (Å²) in [5.41, 5.74) is 3.36. The minimum absolute atomic E-state index is 0.148. The Kier molecular flexibility index (Phi) is 5.74. The van der Waals surface area contributed by atoms with Gasteiger partial charge in [0.15, 0.2) is 5.11 Å². The Bertz CT molecular complexity index is 842. The normalized spacial score (nSPS) is 15.5. The number of amides is 1. The molecule has 0 spiro atoms. The van der Waals surface area contributed by atoms with Gasteiger partial charge in [-0.2, -0.15) is 0 Å². The molecule has 4 nitrogen and oxygen atoms in total. The third kappa shape index (κ3) is 3.81. The maximum atomic E-state index is 12.8. The van der Waals surface area contributed by atoms with E-state index in [0.717, 1.165) is 28.8 Å². The highest BCUT2D eigenvalue weighted by molar-refractivity contribution is 9.10. The van der Waals surface area contributed by atoms with Gasteiger partial charge >= 0.3 is 0 Å². The predicted molar refractivity (Wildman–Crippen MR) is 115 cm³/mol. The van der Waals surface area contributed by atoms with Crippen molar-refractivity contribution in [2.75, 3.05) is 22.9 Å². The molecule has 0 aromatic heterocycles. The molecular formula is C20H20BrN3OS. The number of halogens is 1. The second-order valence-corrected chi connectivity index (χ2v) is 7.17. The molecule has 26 heavy (non-hydrogen) atoms. The van der Waals surface area contributed by atoms with Gasteiger partial charge in [0.25, 0.3) is 5.91 Å². The molecule has 1 saturated heterocycles. The summed E-state index contributed by atoms with van der Waals surface area (Å²) in [4.78, 5) is 16.6. The number of benzene rings is 2. The van der Waals surface area contributed by atoms with E-state index in [2.05, 4.69) is 52.1 Å². The Balaban J connectivity index is 1.82. The fourth-order valence-corrected chi connectivity index (χ4v) is 3.46. The largest absolute Gasteiger partial charge is 0.372 e. The molecule has 1 aliphatic rings. The highest BCUT2D eigenvalue weighted by Crippen LogP contribution is 2.24. The highest BCUT2D eigenvalue weighted by Gasteiger charge is 2.31. The van der Waals surface area contributed by atoms with Gasteiger partial charge in [-0.25, -0.2) is 0 Å². The van der Waals surface area contributed by atoms with Gasteiger partial charge in [0.1, 0.15) is 5.70 Å². The average Bonchev–Trinajstić information content (AvgIpc) is 2.92. The van der Waals surface area contributed by atoms with Crippen LogP contribution in [0.3, 0.4) is 0 Å². The number of anilines is 2. The maximum absolute atomic E-state index is 12.8. The van der Waals surface area contributed by atoms with E-state index in [9.17, 15) is 4.79 Å². The van der Waals surface area contributed by atoms with Crippen molar-refractivity contribution < 1.29 is 4.79 Å². The van der Waals surface area contributed by atoms with Gasteiger partial charge in [0.2, 0.25) is 0 Å². The number of hydrogen-bond donors (Lipinski definition) is 1. The molecule has 0 aliphatic carbocycles. The first kappa shape index (κ1) is 18.6. The Morgan fingerprint density at radius 1 is 1.08 bits per heavy atom. The van der Waals surface area contributed by atoms with Crippen molar-refractivity contribution in [3.63, 3.8) is 0 Å². The summed E-state index contributed by atoms with van der Waals surface area (Å²) in [6, 6.07) is 15.7. The molecular weight excluding hydrogens is 410 g/mol. The number of thiocarbonyl (C=S) groups is 1. The third-order valence-corrected chi connectivity index (χ3v) is 5.11. The van der Waals surface area contributed by atoms with Crippen molar-refractivity contribution in [3.05, 3.63) is 64.3 Å². The van der Waals surface area contributed by atoms with Crippen molar-refractivity contribution in [1.82, 2.24) is 5.32 Å². The lowest BCUT2D eigenvalue weighted by molar-refractivity contribution is -0.113. The molecule has 2 aromatic rings. The van der Waals surface area contributed by atoms with Crippen LogP contribution in [-0.4, -0.2) is 24.1 Å². The van der Waals surface area contributed by atoms with Crippen molar-refractivity contribution in [1.29, 1.82) is 0 Å². The smallest absolute Gasteiger partial charge is 0.281 e. The third-order valence-electron chi connectivity index (χ3n) is 4.30. The van der Waals surface area contributed by atoms with Gasteiger partial charge in [-0.05, 0) is 74.1 Å². The Morgan fingerprint density at radius 2 is 1.69 bits per heavy atom. The Labute approximate surface area is 167 Å². The molecule has 0 saturated carbocycles. The topological polar surface area (TPSA) is 35.6 Å². The summed E-state index contributed by atoms with van der Waals surface area (Å²) in [7, 11) is 0. The Hall–Kier alpha value is -2.18. The van der Waals surface area contributed by atoms with Gasteiger partial charge in [0, 0.05) is 23.2 Å². The van der Waals surface area contributed by atoms with Gasteiger partial charge < -0.3 is 10.2 Å². The summed E-state index contributed by atoms with van der Waals surface area (Å²) < 4.78 is 0.954. The lowest BCUT2D eigenvalue weighted by Crippen LogP contribution is -2.30. The van der Waals surface area contributed by atoms with Crippen molar-refractivity contribution in [2.24, 2.45) is 0 Å². The van der Waals surface area contributed by atoms with Crippen LogP contribution < -0.4 is 15.1 Å². The van der Waals surface area contributed by atoms with Crippen LogP contribution in [0.1, 0.15) is 19.4 Å². The van der Waals surface area contributed by atoms with Crippen LogP contribution in [0.2, 0.25) is 0 Å². The average molecular weight is 430 g/mol. The number of carbonyl (C=O) groups is 1. The van der Waals surface area contributed by atoms with E-state index in [-0.39, 0.29) is 5.91 Å². The van der Waals surface area contributed by atoms with Crippen LogP contribution in [0.4, 0.5) is 11.4 Å². The molecule has 0 radical (unpaired) electrons. The monoisotopic (exact) mass is 429 g/mol. The first-order valence-corrected chi connectivity index (χ1v) is 9.71. The summed E-state index contributed by atoms with van der Waals surface area (Å²) >= 11 is 8.75. The molecule has 0 atom stereocenters. The molecule has 2 aromatic carbocycles. The van der Waals surface area contributed by atoms with Crippen molar-refractivity contribution in [3.8, 4) is 0 Å². The van der Waals surface area contributed by atoms with Crippen LogP contribution >= 0.6 is 28.1 Å². The molecule has 1 aliphatic heterocycles. The van der Waals surface area contributed by atoms with E-state index < -0.39 is 0 Å². The summed E-state index contributed by atoms with van der Waals surface area (Å²) in [6.45, 7) is 6.21. The molecule has 3 rings (SSSR count). The van der Waals surface area contributed by atoms with Crippen LogP contribution in [-0.2, 0) is 4.79 Å². The summed E-state index contributed by atoms with van der Waals surface area (Å²) in [6.07, 6.45) is 1.83. The molecule has 1 N–H and O–H groups in total. The first-order chi connectivity index (χ1) is 12.5. The van der Waals surface area contributed by atoms with E-state index in [0.29, 0.717) is 10.8 Å². The van der Waals surface area contributed by atoms with Crippen LogP contribution in [0.5, 0.6) is 0 Å². The number of carbonyl (C=O) groups excluding carboxylic acids is 1. The van der Waals surface area contributed by atoms with Crippen molar-refractivity contribution >= 4 is 56.6 Å². The van der Waals surface area contributed by atoms with E-state index >= 15 is 0 Å². The lowest BCUT2D eigenvalue weighted by atomic mass is 10.1. The SMILES string of the molecule is CCN(CC)c1ccc(/C=C2/NC(=S)N(c3ccc(Br)cc3)C2=O)cc1. The van der Waals surface area contributed by atoms with E-state index in [1.165, 1.54) is 10.6 Å². The van der Waals surface area contributed by atoms with E-state index in [1.807, 2.05) is 42.5 Å². The zero-order valence-electron chi connectivity index (χ0n) is 14.7. The molecule has 1 amide bonds. The van der Waals surface area contributed by atoms with Gasteiger partial charge in [-0.1, -0.05) is 28.1 Å². The minimum atomic E-state index is -0.148. The zero-order chi connectivity index (χ0) is 18.7. The first-order valence-electron chi connectivity index (χ1n) is 8.51. The molecule has 0 bridgehead atoms. The number of rotatable bonds is 5. The number of nitrogens with one attached hydrogen (secondary N) is 1. The molecule has 134 valence electrons. The number of nitrogens with zero attached hydrogens (tertiary/aromatic N) is 2.